The van der Waals surface area contributed by atoms with Crippen molar-refractivity contribution in [1.29, 1.82) is 0 Å². The van der Waals surface area contributed by atoms with Crippen molar-refractivity contribution in [2.75, 3.05) is 18.1 Å². The van der Waals surface area contributed by atoms with E-state index in [4.69, 9.17) is 4.74 Å². The predicted octanol–water partition coefficient (Wildman–Crippen LogP) is 4.76. The summed E-state index contributed by atoms with van der Waals surface area (Å²) in [6.07, 6.45) is 8.96. The molecule has 0 radical (unpaired) electrons. The van der Waals surface area contributed by atoms with Crippen molar-refractivity contribution in [3.05, 3.63) is 23.8 Å². The van der Waals surface area contributed by atoms with Gasteiger partial charge in [-0.3, -0.25) is 9.59 Å². The van der Waals surface area contributed by atoms with Gasteiger partial charge < -0.3 is 9.64 Å². The van der Waals surface area contributed by atoms with Crippen LogP contribution in [0.3, 0.4) is 0 Å². The highest BCUT2D eigenvalue weighted by molar-refractivity contribution is 6.01. The van der Waals surface area contributed by atoms with Crippen LogP contribution >= 0.6 is 0 Å². The van der Waals surface area contributed by atoms with Crippen molar-refractivity contribution >= 4 is 17.4 Å². The molecule has 0 saturated carbocycles. The van der Waals surface area contributed by atoms with Gasteiger partial charge in [-0.25, -0.2) is 0 Å². The number of hydrogen-bond donors (Lipinski definition) is 0. The molecule has 0 N–H and O–H groups in total. The SMILES string of the molecule is CCCCCCCCCN1C(=O)COc2ccc(C(=O)CC)cc21. The van der Waals surface area contributed by atoms with Crippen molar-refractivity contribution < 1.29 is 14.3 Å². The molecule has 0 unspecified atom stereocenters. The number of rotatable bonds is 10. The summed E-state index contributed by atoms with van der Waals surface area (Å²) in [7, 11) is 0. The number of nitrogens with zero attached hydrogens (tertiary/aromatic N) is 1. The van der Waals surface area contributed by atoms with E-state index in [-0.39, 0.29) is 18.3 Å². The molecule has 0 bridgehead atoms. The maximum Gasteiger partial charge on any atom is 0.265 e. The highest BCUT2D eigenvalue weighted by atomic mass is 16.5. The van der Waals surface area contributed by atoms with Crippen molar-refractivity contribution in [3.63, 3.8) is 0 Å². The van der Waals surface area contributed by atoms with Crippen LogP contribution in [0.2, 0.25) is 0 Å². The lowest BCUT2D eigenvalue weighted by atomic mass is 10.1. The highest BCUT2D eigenvalue weighted by Crippen LogP contribution is 2.33. The first-order valence-electron chi connectivity index (χ1n) is 9.27. The van der Waals surface area contributed by atoms with Gasteiger partial charge in [0.1, 0.15) is 5.75 Å². The second-order valence-corrected chi connectivity index (χ2v) is 6.41. The Morgan fingerprint density at radius 3 is 2.50 bits per heavy atom. The number of hydrogen-bond acceptors (Lipinski definition) is 3. The molecule has 0 fully saturated rings. The Bertz CT molecular complexity index is 568. The summed E-state index contributed by atoms with van der Waals surface area (Å²) in [5.41, 5.74) is 1.40. The second kappa shape index (κ2) is 9.45. The molecule has 2 rings (SSSR count). The first-order valence-corrected chi connectivity index (χ1v) is 9.27. The number of ether oxygens (including phenoxy) is 1. The number of fused-ring (bicyclic) bond motifs is 1. The number of benzene rings is 1. The highest BCUT2D eigenvalue weighted by Gasteiger charge is 2.25. The Morgan fingerprint density at radius 1 is 1.08 bits per heavy atom. The van der Waals surface area contributed by atoms with Crippen LogP contribution < -0.4 is 9.64 Å². The third-order valence-electron chi connectivity index (χ3n) is 4.53. The lowest BCUT2D eigenvalue weighted by Crippen LogP contribution is -2.39. The minimum Gasteiger partial charge on any atom is -0.482 e. The number of amides is 1. The average molecular weight is 331 g/mol. The number of ketones is 1. The fraction of sp³-hybridized carbons (Fsp3) is 0.600. The van der Waals surface area contributed by atoms with E-state index in [1.165, 1.54) is 32.1 Å². The lowest BCUT2D eigenvalue weighted by molar-refractivity contribution is -0.121. The van der Waals surface area contributed by atoms with Crippen LogP contribution in [0.4, 0.5) is 5.69 Å². The topological polar surface area (TPSA) is 46.6 Å². The van der Waals surface area contributed by atoms with Gasteiger partial charge in [0.2, 0.25) is 0 Å². The van der Waals surface area contributed by atoms with Gasteiger partial charge in [0.25, 0.3) is 5.91 Å². The summed E-state index contributed by atoms with van der Waals surface area (Å²) < 4.78 is 5.50. The van der Waals surface area contributed by atoms with Gasteiger partial charge in [0.05, 0.1) is 5.69 Å². The molecule has 4 nitrogen and oxygen atoms in total. The first-order chi connectivity index (χ1) is 11.7. The molecule has 1 aliphatic rings. The number of Topliss-reactive ketones (excluding diaryl/α,β-unsaturated/α-hetero) is 1. The smallest absolute Gasteiger partial charge is 0.265 e. The Labute approximate surface area is 145 Å². The average Bonchev–Trinajstić information content (AvgIpc) is 2.61. The molecule has 0 saturated heterocycles. The van der Waals surface area contributed by atoms with Gasteiger partial charge in [-0.1, -0.05) is 52.4 Å². The molecule has 1 aromatic rings. The van der Waals surface area contributed by atoms with Crippen molar-refractivity contribution in [3.8, 4) is 5.75 Å². The van der Waals surface area contributed by atoms with E-state index in [1.807, 2.05) is 13.0 Å². The van der Waals surface area contributed by atoms with E-state index >= 15 is 0 Å². The Hall–Kier alpha value is -1.84. The van der Waals surface area contributed by atoms with Crippen LogP contribution in [-0.4, -0.2) is 24.8 Å². The zero-order valence-corrected chi connectivity index (χ0v) is 15.0. The standard InChI is InChI=1S/C20H29NO3/c1-3-5-6-7-8-9-10-13-21-17-14-16(18(22)4-2)11-12-19(17)24-15-20(21)23/h11-12,14H,3-10,13,15H2,1-2H3. The van der Waals surface area contributed by atoms with Gasteiger partial charge in [0.15, 0.2) is 12.4 Å². The molecule has 1 aliphatic heterocycles. The molecule has 24 heavy (non-hydrogen) atoms. The number of anilines is 1. The largest absolute Gasteiger partial charge is 0.482 e. The van der Waals surface area contributed by atoms with Gasteiger partial charge in [-0.2, -0.15) is 0 Å². The third-order valence-corrected chi connectivity index (χ3v) is 4.53. The Kier molecular flexibility index (Phi) is 7.29. The molecule has 1 heterocycles. The number of unbranched alkanes of at least 4 members (excludes halogenated alkanes) is 6. The molecule has 0 aromatic heterocycles. The molecule has 4 heteroatoms. The maximum absolute atomic E-state index is 12.2. The van der Waals surface area contributed by atoms with Crippen LogP contribution in [0, 0.1) is 0 Å². The summed E-state index contributed by atoms with van der Waals surface area (Å²) in [4.78, 5) is 25.9. The molecular formula is C20H29NO3. The third kappa shape index (κ3) is 4.83. The fourth-order valence-corrected chi connectivity index (χ4v) is 3.05. The normalized spacial score (nSPS) is 13.6. The zero-order chi connectivity index (χ0) is 17.4. The molecule has 0 atom stereocenters. The minimum atomic E-state index is -0.0189. The van der Waals surface area contributed by atoms with Gasteiger partial charge in [-0.15, -0.1) is 0 Å². The molecule has 1 aromatic carbocycles. The van der Waals surface area contributed by atoms with Gasteiger partial charge in [-0.05, 0) is 24.6 Å². The molecule has 0 spiro atoms. The molecule has 0 aliphatic carbocycles. The number of carbonyl (C=O) groups is 2. The van der Waals surface area contributed by atoms with Crippen LogP contribution in [0.25, 0.3) is 0 Å². The maximum atomic E-state index is 12.2. The van der Waals surface area contributed by atoms with Gasteiger partial charge >= 0.3 is 0 Å². The van der Waals surface area contributed by atoms with Crippen molar-refractivity contribution in [2.24, 2.45) is 0 Å². The summed E-state index contributed by atoms with van der Waals surface area (Å²) in [5.74, 6) is 0.770. The molecular weight excluding hydrogens is 302 g/mol. The van der Waals surface area contributed by atoms with E-state index in [0.29, 0.717) is 24.3 Å². The van der Waals surface area contributed by atoms with Crippen LogP contribution in [-0.2, 0) is 4.79 Å². The quantitative estimate of drug-likeness (QED) is 0.459. The van der Waals surface area contributed by atoms with E-state index in [9.17, 15) is 9.59 Å². The van der Waals surface area contributed by atoms with Gasteiger partial charge in [0, 0.05) is 18.5 Å². The van der Waals surface area contributed by atoms with Crippen molar-refractivity contribution in [2.45, 2.75) is 65.2 Å². The Balaban J connectivity index is 1.95. The lowest BCUT2D eigenvalue weighted by Gasteiger charge is -2.29. The Morgan fingerprint density at radius 2 is 1.79 bits per heavy atom. The summed E-state index contributed by atoms with van der Waals surface area (Å²) in [6.45, 7) is 4.86. The fourth-order valence-electron chi connectivity index (χ4n) is 3.05. The summed E-state index contributed by atoms with van der Waals surface area (Å²) >= 11 is 0. The zero-order valence-electron chi connectivity index (χ0n) is 15.0. The van der Waals surface area contributed by atoms with Crippen molar-refractivity contribution in [1.82, 2.24) is 0 Å². The molecule has 1 amide bonds. The predicted molar refractivity (Wildman–Crippen MR) is 96.9 cm³/mol. The van der Waals surface area contributed by atoms with Crippen LogP contribution in [0.1, 0.15) is 75.6 Å². The monoisotopic (exact) mass is 331 g/mol. The molecule has 132 valence electrons. The van der Waals surface area contributed by atoms with Crippen LogP contribution in [0.15, 0.2) is 18.2 Å². The van der Waals surface area contributed by atoms with E-state index in [2.05, 4.69) is 6.92 Å². The minimum absolute atomic E-state index is 0.0189. The van der Waals surface area contributed by atoms with Crippen LogP contribution in [0.5, 0.6) is 5.75 Å². The summed E-state index contributed by atoms with van der Waals surface area (Å²) in [6, 6.07) is 5.40. The summed E-state index contributed by atoms with van der Waals surface area (Å²) in [5, 5.41) is 0. The first kappa shape index (κ1) is 18.5. The van der Waals surface area contributed by atoms with E-state index in [1.54, 1.807) is 17.0 Å². The second-order valence-electron chi connectivity index (χ2n) is 6.41. The van der Waals surface area contributed by atoms with E-state index in [0.717, 1.165) is 18.5 Å². The van der Waals surface area contributed by atoms with E-state index < -0.39 is 0 Å². The number of carbonyl (C=O) groups excluding carboxylic acids is 2.